The number of hydrogen-bond donors (Lipinski definition) is 0. The number of fused-ring (bicyclic) bond motifs is 1. The van der Waals surface area contributed by atoms with Crippen molar-refractivity contribution in [3.63, 3.8) is 0 Å². The van der Waals surface area contributed by atoms with Gasteiger partial charge in [-0.2, -0.15) is 0 Å². The second-order valence-electron chi connectivity index (χ2n) is 5.27. The molecule has 0 amide bonds. The third-order valence-corrected chi connectivity index (χ3v) is 4.90. The molecule has 1 aromatic carbocycles. The van der Waals surface area contributed by atoms with Crippen LogP contribution in [0.3, 0.4) is 0 Å². The van der Waals surface area contributed by atoms with E-state index in [0.29, 0.717) is 25.4 Å². The maximum Gasteiger partial charge on any atom is 0.306 e. The normalized spacial score (nSPS) is 16.7. The molecule has 1 aromatic heterocycles. The quantitative estimate of drug-likeness (QED) is 0.790. The first kappa shape index (κ1) is 14.3. The van der Waals surface area contributed by atoms with Crippen molar-refractivity contribution in [3.8, 4) is 0 Å². The highest BCUT2D eigenvalue weighted by Crippen LogP contribution is 2.39. The van der Waals surface area contributed by atoms with Crippen LogP contribution in [0.4, 0.5) is 0 Å². The average Bonchev–Trinajstić information content (AvgIpc) is 3.12. The van der Waals surface area contributed by atoms with E-state index in [0.717, 1.165) is 18.5 Å². The molecule has 3 rings (SSSR count). The van der Waals surface area contributed by atoms with E-state index in [1.54, 1.807) is 11.3 Å². The smallest absolute Gasteiger partial charge is 0.306 e. The van der Waals surface area contributed by atoms with Gasteiger partial charge in [0.1, 0.15) is 5.01 Å². The summed E-state index contributed by atoms with van der Waals surface area (Å²) in [7, 11) is 0. The summed E-state index contributed by atoms with van der Waals surface area (Å²) in [5.41, 5.74) is 3.88. The first-order valence-electron chi connectivity index (χ1n) is 7.45. The summed E-state index contributed by atoms with van der Waals surface area (Å²) in [4.78, 5) is 16.1. The van der Waals surface area contributed by atoms with Crippen molar-refractivity contribution in [2.24, 2.45) is 0 Å². The number of ether oxygens (including phenoxy) is 1. The van der Waals surface area contributed by atoms with E-state index in [4.69, 9.17) is 9.72 Å². The van der Waals surface area contributed by atoms with Crippen LogP contribution >= 0.6 is 11.3 Å². The van der Waals surface area contributed by atoms with Crippen LogP contribution in [0.1, 0.15) is 47.5 Å². The van der Waals surface area contributed by atoms with Gasteiger partial charge in [-0.25, -0.2) is 4.98 Å². The Balaban J connectivity index is 1.67. The van der Waals surface area contributed by atoms with Gasteiger partial charge in [0.05, 0.1) is 18.7 Å². The predicted molar refractivity (Wildman–Crippen MR) is 83.7 cm³/mol. The Morgan fingerprint density at radius 3 is 3.14 bits per heavy atom. The number of hydrogen-bond acceptors (Lipinski definition) is 4. The first-order chi connectivity index (χ1) is 10.3. The lowest BCUT2D eigenvalue weighted by Crippen LogP contribution is -2.05. The fourth-order valence-corrected chi connectivity index (χ4v) is 3.88. The number of aryl methyl sites for hydroxylation is 2. The van der Waals surface area contributed by atoms with Crippen molar-refractivity contribution in [2.45, 2.75) is 38.5 Å². The molecular formula is C17H19NO2S. The van der Waals surface area contributed by atoms with E-state index in [1.165, 1.54) is 16.1 Å². The molecule has 0 fully saturated rings. The fraction of sp³-hybridized carbons (Fsp3) is 0.412. The van der Waals surface area contributed by atoms with Crippen molar-refractivity contribution in [3.05, 3.63) is 51.5 Å². The van der Waals surface area contributed by atoms with Crippen LogP contribution in [-0.2, 0) is 22.4 Å². The number of aromatic nitrogens is 1. The van der Waals surface area contributed by atoms with E-state index < -0.39 is 0 Å². The molecule has 21 heavy (non-hydrogen) atoms. The highest BCUT2D eigenvalue weighted by Gasteiger charge is 2.25. The van der Waals surface area contributed by atoms with E-state index in [2.05, 4.69) is 29.6 Å². The highest BCUT2D eigenvalue weighted by molar-refractivity contribution is 7.09. The molecule has 0 radical (unpaired) electrons. The molecule has 2 aromatic rings. The molecule has 0 aliphatic heterocycles. The second-order valence-corrected chi connectivity index (χ2v) is 6.16. The van der Waals surface area contributed by atoms with Crippen molar-refractivity contribution >= 4 is 17.3 Å². The molecule has 0 saturated carbocycles. The lowest BCUT2D eigenvalue weighted by Gasteiger charge is -2.07. The second kappa shape index (κ2) is 6.39. The zero-order chi connectivity index (χ0) is 14.7. The lowest BCUT2D eigenvalue weighted by molar-refractivity contribution is -0.143. The number of carbonyl (C=O) groups excluding carboxylic acids is 1. The van der Waals surface area contributed by atoms with Crippen molar-refractivity contribution in [1.29, 1.82) is 0 Å². The zero-order valence-corrected chi connectivity index (χ0v) is 13.0. The Kier molecular flexibility index (Phi) is 4.34. The number of carbonyl (C=O) groups is 1. The van der Waals surface area contributed by atoms with E-state index >= 15 is 0 Å². The Hall–Kier alpha value is -1.68. The van der Waals surface area contributed by atoms with Gasteiger partial charge in [-0.15, -0.1) is 11.3 Å². The van der Waals surface area contributed by atoms with E-state index in [1.807, 2.05) is 6.92 Å². The van der Waals surface area contributed by atoms with Gasteiger partial charge in [-0.05, 0) is 30.9 Å². The SMILES string of the molecule is CCOC(=O)CCc1csc(C2CCc3ccccc32)n1. The van der Waals surface area contributed by atoms with Gasteiger partial charge in [-0.1, -0.05) is 24.3 Å². The monoisotopic (exact) mass is 301 g/mol. The minimum absolute atomic E-state index is 0.140. The zero-order valence-electron chi connectivity index (χ0n) is 12.2. The van der Waals surface area contributed by atoms with E-state index in [9.17, 15) is 4.79 Å². The Morgan fingerprint density at radius 2 is 2.29 bits per heavy atom. The van der Waals surface area contributed by atoms with Crippen LogP contribution in [-0.4, -0.2) is 17.6 Å². The third kappa shape index (κ3) is 3.16. The molecule has 0 N–H and O–H groups in total. The van der Waals surface area contributed by atoms with Crippen LogP contribution in [0.25, 0.3) is 0 Å². The molecule has 1 aliphatic rings. The van der Waals surface area contributed by atoms with E-state index in [-0.39, 0.29) is 5.97 Å². The minimum atomic E-state index is -0.140. The molecular weight excluding hydrogens is 282 g/mol. The summed E-state index contributed by atoms with van der Waals surface area (Å²) in [5.74, 6) is 0.292. The summed E-state index contributed by atoms with van der Waals surface area (Å²) in [5, 5.41) is 3.26. The number of rotatable bonds is 5. The van der Waals surface area contributed by atoms with Gasteiger partial charge in [0.2, 0.25) is 0 Å². The minimum Gasteiger partial charge on any atom is -0.466 e. The fourth-order valence-electron chi connectivity index (χ4n) is 2.87. The maximum atomic E-state index is 11.4. The number of benzene rings is 1. The summed E-state index contributed by atoms with van der Waals surface area (Å²) in [6.45, 7) is 2.27. The average molecular weight is 301 g/mol. The molecule has 1 aliphatic carbocycles. The summed E-state index contributed by atoms with van der Waals surface area (Å²) >= 11 is 1.71. The molecule has 110 valence electrons. The van der Waals surface area contributed by atoms with Crippen LogP contribution in [0, 0.1) is 0 Å². The molecule has 0 spiro atoms. The van der Waals surface area contributed by atoms with Gasteiger partial charge < -0.3 is 4.74 Å². The molecule has 0 bridgehead atoms. The largest absolute Gasteiger partial charge is 0.466 e. The van der Waals surface area contributed by atoms with Gasteiger partial charge in [-0.3, -0.25) is 4.79 Å². The standard InChI is InChI=1S/C17H19NO2S/c1-2-20-16(19)10-8-13-11-21-17(18-13)15-9-7-12-5-3-4-6-14(12)15/h3-6,11,15H,2,7-10H2,1H3. The lowest BCUT2D eigenvalue weighted by atomic mass is 10.0. The Morgan fingerprint density at radius 1 is 1.43 bits per heavy atom. The maximum absolute atomic E-state index is 11.4. The topological polar surface area (TPSA) is 39.2 Å². The molecule has 3 nitrogen and oxygen atoms in total. The Labute approximate surface area is 129 Å². The van der Waals surface area contributed by atoms with Crippen LogP contribution in [0.15, 0.2) is 29.6 Å². The summed E-state index contributed by atoms with van der Waals surface area (Å²) in [6.07, 6.45) is 3.37. The van der Waals surface area contributed by atoms with Crippen molar-refractivity contribution < 1.29 is 9.53 Å². The molecule has 1 unspecified atom stereocenters. The van der Waals surface area contributed by atoms with Gasteiger partial charge in [0.15, 0.2) is 0 Å². The molecule has 4 heteroatoms. The number of nitrogens with zero attached hydrogens (tertiary/aromatic N) is 1. The number of thiazole rings is 1. The van der Waals surface area contributed by atoms with Crippen LogP contribution in [0.5, 0.6) is 0 Å². The van der Waals surface area contributed by atoms with Gasteiger partial charge in [0, 0.05) is 17.7 Å². The van der Waals surface area contributed by atoms with Crippen LogP contribution in [0.2, 0.25) is 0 Å². The summed E-state index contributed by atoms with van der Waals surface area (Å²) in [6, 6.07) is 8.64. The van der Waals surface area contributed by atoms with Crippen molar-refractivity contribution in [1.82, 2.24) is 4.98 Å². The first-order valence-corrected chi connectivity index (χ1v) is 8.33. The van der Waals surface area contributed by atoms with Gasteiger partial charge >= 0.3 is 5.97 Å². The van der Waals surface area contributed by atoms with Crippen molar-refractivity contribution in [2.75, 3.05) is 6.61 Å². The predicted octanol–water partition coefficient (Wildman–Crippen LogP) is 3.72. The number of esters is 1. The third-order valence-electron chi connectivity index (χ3n) is 3.89. The highest BCUT2D eigenvalue weighted by atomic mass is 32.1. The Bertz CT molecular complexity index is 635. The molecule has 0 saturated heterocycles. The molecule has 1 heterocycles. The summed E-state index contributed by atoms with van der Waals surface area (Å²) < 4.78 is 4.95. The molecule has 1 atom stereocenters. The van der Waals surface area contributed by atoms with Crippen LogP contribution < -0.4 is 0 Å². The van der Waals surface area contributed by atoms with Gasteiger partial charge in [0.25, 0.3) is 0 Å².